The first kappa shape index (κ1) is 20.9. The summed E-state index contributed by atoms with van der Waals surface area (Å²) in [6.45, 7) is 4.36. The first-order valence-corrected chi connectivity index (χ1v) is 10.3. The van der Waals surface area contributed by atoms with Gasteiger partial charge in [-0.2, -0.15) is 5.10 Å². The molecule has 1 aliphatic rings. The number of carbonyl (C=O) groups is 1. The van der Waals surface area contributed by atoms with Crippen LogP contribution < -0.4 is 9.47 Å². The van der Waals surface area contributed by atoms with E-state index in [1.54, 1.807) is 20.3 Å². The lowest BCUT2D eigenvalue weighted by molar-refractivity contribution is 0.0735. The van der Waals surface area contributed by atoms with Crippen LogP contribution in [0.5, 0.6) is 11.5 Å². The minimum absolute atomic E-state index is 0.0745. The number of aromatic nitrogens is 2. The number of benzene rings is 2. The van der Waals surface area contributed by atoms with E-state index < -0.39 is 5.82 Å². The summed E-state index contributed by atoms with van der Waals surface area (Å²) in [6.07, 6.45) is 1.75. The van der Waals surface area contributed by atoms with Crippen molar-refractivity contribution < 1.29 is 18.7 Å². The zero-order valence-electron chi connectivity index (χ0n) is 18.2. The predicted octanol–water partition coefficient (Wildman–Crippen LogP) is 4.62. The molecule has 0 radical (unpaired) electrons. The van der Waals surface area contributed by atoms with Gasteiger partial charge in [-0.15, -0.1) is 0 Å². The van der Waals surface area contributed by atoms with Gasteiger partial charge in [0.1, 0.15) is 11.5 Å². The molecule has 1 saturated heterocycles. The van der Waals surface area contributed by atoms with Crippen LogP contribution in [0.2, 0.25) is 0 Å². The number of hydrogen-bond acceptors (Lipinski definition) is 4. The summed E-state index contributed by atoms with van der Waals surface area (Å²) < 4.78 is 26.9. The summed E-state index contributed by atoms with van der Waals surface area (Å²) in [4.78, 5) is 15.3. The fraction of sp³-hybridized carbons (Fsp3) is 0.333. The smallest absolute Gasteiger partial charge is 0.254 e. The van der Waals surface area contributed by atoms with Crippen LogP contribution in [0.25, 0.3) is 5.69 Å². The van der Waals surface area contributed by atoms with Crippen molar-refractivity contribution in [3.63, 3.8) is 0 Å². The first-order valence-electron chi connectivity index (χ1n) is 10.3. The van der Waals surface area contributed by atoms with Crippen LogP contribution in [-0.2, 0) is 0 Å². The average molecular weight is 423 g/mol. The highest BCUT2D eigenvalue weighted by atomic mass is 19.1. The zero-order valence-corrected chi connectivity index (χ0v) is 18.2. The Balaban J connectivity index is 1.66. The van der Waals surface area contributed by atoms with E-state index in [0.29, 0.717) is 23.6 Å². The van der Waals surface area contributed by atoms with Gasteiger partial charge in [-0.3, -0.25) is 4.79 Å². The van der Waals surface area contributed by atoms with Gasteiger partial charge >= 0.3 is 0 Å². The van der Waals surface area contributed by atoms with Crippen molar-refractivity contribution in [2.45, 2.75) is 32.7 Å². The first-order chi connectivity index (χ1) is 14.9. The number of nitrogens with zero attached hydrogens (tertiary/aromatic N) is 3. The van der Waals surface area contributed by atoms with Gasteiger partial charge in [-0.05, 0) is 68.7 Å². The highest BCUT2D eigenvalue weighted by Crippen LogP contribution is 2.37. The van der Waals surface area contributed by atoms with Crippen LogP contribution in [-0.4, -0.2) is 41.4 Å². The quantitative estimate of drug-likeness (QED) is 0.601. The third-order valence-corrected chi connectivity index (χ3v) is 5.74. The molecule has 1 amide bonds. The maximum atomic E-state index is 14.6. The molecule has 2 heterocycles. The molecular weight excluding hydrogens is 397 g/mol. The molecule has 0 saturated carbocycles. The lowest BCUT2D eigenvalue weighted by Crippen LogP contribution is -2.30. The number of halogens is 1. The van der Waals surface area contributed by atoms with Crippen LogP contribution >= 0.6 is 0 Å². The van der Waals surface area contributed by atoms with Gasteiger partial charge in [0.25, 0.3) is 5.91 Å². The molecule has 31 heavy (non-hydrogen) atoms. The summed E-state index contributed by atoms with van der Waals surface area (Å²) in [5, 5.41) is 4.36. The number of rotatable bonds is 5. The van der Waals surface area contributed by atoms with Crippen molar-refractivity contribution in [3.05, 3.63) is 70.8 Å². The molecular formula is C24H26FN3O3. The van der Waals surface area contributed by atoms with Crippen molar-refractivity contribution >= 4 is 5.91 Å². The van der Waals surface area contributed by atoms with Crippen LogP contribution in [0.1, 0.15) is 46.2 Å². The van der Waals surface area contributed by atoms with Gasteiger partial charge in [-0.25, -0.2) is 9.07 Å². The molecule has 2 aromatic carbocycles. The summed E-state index contributed by atoms with van der Waals surface area (Å²) in [5.41, 5.74) is 3.31. The highest BCUT2D eigenvalue weighted by Gasteiger charge is 2.31. The lowest BCUT2D eigenvalue weighted by Gasteiger charge is -2.26. The van der Waals surface area contributed by atoms with Gasteiger partial charge in [-0.1, -0.05) is 6.07 Å². The molecule has 0 unspecified atom stereocenters. The van der Waals surface area contributed by atoms with Crippen LogP contribution in [0.15, 0.2) is 42.5 Å². The van der Waals surface area contributed by atoms with Gasteiger partial charge in [0.15, 0.2) is 11.5 Å². The zero-order chi connectivity index (χ0) is 22.1. The minimum Gasteiger partial charge on any atom is -0.493 e. The van der Waals surface area contributed by atoms with Crippen molar-refractivity contribution in [2.24, 2.45) is 0 Å². The van der Waals surface area contributed by atoms with Gasteiger partial charge in [0.2, 0.25) is 0 Å². The van der Waals surface area contributed by atoms with Crippen molar-refractivity contribution in [3.8, 4) is 17.2 Å². The van der Waals surface area contributed by atoms with Crippen molar-refractivity contribution in [1.82, 2.24) is 14.7 Å². The monoisotopic (exact) mass is 423 g/mol. The number of aryl methyl sites for hydroxylation is 2. The van der Waals surface area contributed by atoms with E-state index in [1.165, 1.54) is 16.8 Å². The number of carbonyl (C=O) groups excluding carboxylic acids is 1. The average Bonchev–Trinajstić information content (AvgIpc) is 3.39. The van der Waals surface area contributed by atoms with E-state index in [1.807, 2.05) is 43.0 Å². The Labute approximate surface area is 181 Å². The molecule has 6 nitrogen and oxygen atoms in total. The van der Waals surface area contributed by atoms with E-state index in [9.17, 15) is 9.18 Å². The summed E-state index contributed by atoms with van der Waals surface area (Å²) in [7, 11) is 3.19. The number of ether oxygens (including phenoxy) is 2. The SMILES string of the molecule is COc1ccc([C@@H]2CCCN2C(=O)c2ccc(F)c(-n3nc(C)cc3C)c2)cc1OC. The van der Waals surface area contributed by atoms with Crippen LogP contribution in [0.3, 0.4) is 0 Å². The molecule has 0 aliphatic carbocycles. The molecule has 4 rings (SSSR count). The Morgan fingerprint density at radius 2 is 1.84 bits per heavy atom. The Morgan fingerprint density at radius 3 is 2.52 bits per heavy atom. The topological polar surface area (TPSA) is 56.6 Å². The molecule has 1 fully saturated rings. The van der Waals surface area contributed by atoms with Crippen molar-refractivity contribution in [1.29, 1.82) is 0 Å². The van der Waals surface area contributed by atoms with E-state index in [-0.39, 0.29) is 17.6 Å². The molecule has 7 heteroatoms. The number of amides is 1. The molecule has 0 spiro atoms. The van der Waals surface area contributed by atoms with Gasteiger partial charge < -0.3 is 14.4 Å². The summed E-state index contributed by atoms with van der Waals surface area (Å²) >= 11 is 0. The van der Waals surface area contributed by atoms with Crippen LogP contribution in [0, 0.1) is 19.7 Å². The predicted molar refractivity (Wildman–Crippen MR) is 116 cm³/mol. The summed E-state index contributed by atoms with van der Waals surface area (Å²) in [5.74, 6) is 0.740. The Morgan fingerprint density at radius 1 is 1.06 bits per heavy atom. The molecule has 1 aliphatic heterocycles. The maximum absolute atomic E-state index is 14.6. The van der Waals surface area contributed by atoms with Crippen molar-refractivity contribution in [2.75, 3.05) is 20.8 Å². The Kier molecular flexibility index (Phi) is 5.67. The lowest BCUT2D eigenvalue weighted by atomic mass is 10.0. The fourth-order valence-electron chi connectivity index (χ4n) is 4.26. The molecule has 1 atom stereocenters. The highest BCUT2D eigenvalue weighted by molar-refractivity contribution is 5.95. The second kappa shape index (κ2) is 8.41. The molecule has 162 valence electrons. The van der Waals surface area contributed by atoms with E-state index in [4.69, 9.17) is 9.47 Å². The Bertz CT molecular complexity index is 1130. The largest absolute Gasteiger partial charge is 0.493 e. The standard InChI is InChI=1S/C24H26FN3O3/c1-15-12-16(2)28(26-15)21-13-18(7-9-19(21)25)24(29)27-11-5-6-20(27)17-8-10-22(30-3)23(14-17)31-4/h7-10,12-14,20H,5-6,11H2,1-4H3/t20-/m0/s1. The van der Waals surface area contributed by atoms with Gasteiger partial charge in [0, 0.05) is 17.8 Å². The molecule has 0 N–H and O–H groups in total. The molecule has 3 aromatic rings. The third kappa shape index (κ3) is 3.87. The number of methoxy groups -OCH3 is 2. The van der Waals surface area contributed by atoms with E-state index in [2.05, 4.69) is 5.10 Å². The molecule has 1 aromatic heterocycles. The number of likely N-dealkylation sites (tertiary alicyclic amines) is 1. The summed E-state index contributed by atoms with van der Waals surface area (Å²) in [6, 6.07) is 12.0. The van der Waals surface area contributed by atoms with E-state index in [0.717, 1.165) is 29.8 Å². The molecule has 0 bridgehead atoms. The van der Waals surface area contributed by atoms with Gasteiger partial charge in [0.05, 0.1) is 26.0 Å². The second-order valence-electron chi connectivity index (χ2n) is 7.78. The maximum Gasteiger partial charge on any atom is 0.254 e. The fourth-order valence-corrected chi connectivity index (χ4v) is 4.26. The Hall–Kier alpha value is -3.35. The second-order valence-corrected chi connectivity index (χ2v) is 7.78. The normalized spacial score (nSPS) is 15.9. The minimum atomic E-state index is -0.416. The van der Waals surface area contributed by atoms with E-state index >= 15 is 0 Å². The third-order valence-electron chi connectivity index (χ3n) is 5.74. The number of hydrogen-bond donors (Lipinski definition) is 0. The van der Waals surface area contributed by atoms with Crippen LogP contribution in [0.4, 0.5) is 4.39 Å².